The summed E-state index contributed by atoms with van der Waals surface area (Å²) in [6, 6.07) is 3.59. The molecule has 0 bridgehead atoms. The molecule has 0 atom stereocenters. The van der Waals surface area contributed by atoms with Crippen LogP contribution in [0.5, 0.6) is 11.5 Å². The minimum Gasteiger partial charge on any atom is -0.486 e. The topological polar surface area (TPSA) is 44.8 Å². The van der Waals surface area contributed by atoms with E-state index < -0.39 is 0 Å². The van der Waals surface area contributed by atoms with Gasteiger partial charge in [0.2, 0.25) is 0 Å². The van der Waals surface area contributed by atoms with Crippen molar-refractivity contribution in [1.82, 2.24) is 0 Å². The highest BCUT2D eigenvalue weighted by Crippen LogP contribution is 2.36. The highest BCUT2D eigenvalue weighted by atomic mass is 127. The molecule has 0 unspecified atom stereocenters. The van der Waals surface area contributed by atoms with Gasteiger partial charge in [-0.1, -0.05) is 0 Å². The minimum absolute atomic E-state index is 0.347. The SMILES string of the molecule is CCOC(=O)c1cc(I)cc2c1OCCO2. The van der Waals surface area contributed by atoms with Crippen molar-refractivity contribution in [2.24, 2.45) is 0 Å². The monoisotopic (exact) mass is 334 g/mol. The second kappa shape index (κ2) is 4.90. The summed E-state index contributed by atoms with van der Waals surface area (Å²) in [6.45, 7) is 3.09. The Morgan fingerprint density at radius 3 is 2.94 bits per heavy atom. The van der Waals surface area contributed by atoms with E-state index in [9.17, 15) is 4.79 Å². The van der Waals surface area contributed by atoms with Crippen molar-refractivity contribution in [1.29, 1.82) is 0 Å². The fraction of sp³-hybridized carbons (Fsp3) is 0.364. The van der Waals surface area contributed by atoms with Crippen LogP contribution in [0.4, 0.5) is 0 Å². The first-order valence-corrected chi connectivity index (χ1v) is 6.06. The number of fused-ring (bicyclic) bond motifs is 1. The summed E-state index contributed by atoms with van der Waals surface area (Å²) in [5.74, 6) is 0.731. The third kappa shape index (κ3) is 2.23. The molecular weight excluding hydrogens is 323 g/mol. The molecule has 2 rings (SSSR count). The molecule has 1 aliphatic heterocycles. The first kappa shape index (κ1) is 11.5. The number of ether oxygens (including phenoxy) is 3. The van der Waals surface area contributed by atoms with Crippen molar-refractivity contribution in [2.45, 2.75) is 6.92 Å². The van der Waals surface area contributed by atoms with Gasteiger partial charge in [0.1, 0.15) is 18.8 Å². The maximum atomic E-state index is 11.7. The van der Waals surface area contributed by atoms with Crippen molar-refractivity contribution < 1.29 is 19.0 Å². The minimum atomic E-state index is -0.372. The second-order valence-electron chi connectivity index (χ2n) is 3.20. The largest absolute Gasteiger partial charge is 0.486 e. The van der Waals surface area contributed by atoms with E-state index in [4.69, 9.17) is 14.2 Å². The molecule has 0 N–H and O–H groups in total. The first-order valence-electron chi connectivity index (χ1n) is 4.98. The fourth-order valence-corrected chi connectivity index (χ4v) is 2.07. The van der Waals surface area contributed by atoms with Crippen molar-refractivity contribution in [2.75, 3.05) is 19.8 Å². The van der Waals surface area contributed by atoms with Crippen LogP contribution in [-0.2, 0) is 4.74 Å². The van der Waals surface area contributed by atoms with Gasteiger partial charge in [-0.3, -0.25) is 0 Å². The summed E-state index contributed by atoms with van der Waals surface area (Å²) >= 11 is 2.13. The molecule has 0 amide bonds. The summed E-state index contributed by atoms with van der Waals surface area (Å²) in [5.41, 5.74) is 0.434. The second-order valence-corrected chi connectivity index (χ2v) is 4.44. The van der Waals surface area contributed by atoms with E-state index in [1.807, 2.05) is 6.07 Å². The Morgan fingerprint density at radius 2 is 2.19 bits per heavy atom. The third-order valence-electron chi connectivity index (χ3n) is 2.10. The normalized spacial score (nSPS) is 13.4. The van der Waals surface area contributed by atoms with E-state index in [-0.39, 0.29) is 5.97 Å². The van der Waals surface area contributed by atoms with E-state index in [2.05, 4.69) is 22.6 Å². The van der Waals surface area contributed by atoms with Crippen LogP contribution in [0.25, 0.3) is 0 Å². The Hall–Kier alpha value is -0.980. The Labute approximate surface area is 107 Å². The summed E-state index contributed by atoms with van der Waals surface area (Å²) in [5, 5.41) is 0. The lowest BCUT2D eigenvalue weighted by molar-refractivity contribution is 0.0516. The maximum Gasteiger partial charge on any atom is 0.342 e. The van der Waals surface area contributed by atoms with Crippen LogP contribution >= 0.6 is 22.6 Å². The molecule has 1 heterocycles. The smallest absolute Gasteiger partial charge is 0.342 e. The van der Waals surface area contributed by atoms with Crippen LogP contribution in [-0.4, -0.2) is 25.8 Å². The Morgan fingerprint density at radius 1 is 1.44 bits per heavy atom. The van der Waals surface area contributed by atoms with Crippen LogP contribution in [0.15, 0.2) is 12.1 Å². The van der Waals surface area contributed by atoms with Crippen LogP contribution in [0.2, 0.25) is 0 Å². The van der Waals surface area contributed by atoms with E-state index in [1.165, 1.54) is 0 Å². The lowest BCUT2D eigenvalue weighted by Gasteiger charge is -2.20. The van der Waals surface area contributed by atoms with E-state index in [0.29, 0.717) is 36.9 Å². The highest BCUT2D eigenvalue weighted by Gasteiger charge is 2.22. The average molecular weight is 334 g/mol. The number of carbonyl (C=O) groups is 1. The molecule has 16 heavy (non-hydrogen) atoms. The number of halogens is 1. The quantitative estimate of drug-likeness (QED) is 0.615. The molecule has 0 radical (unpaired) electrons. The van der Waals surface area contributed by atoms with Gasteiger partial charge >= 0.3 is 5.97 Å². The van der Waals surface area contributed by atoms with Crippen molar-refractivity contribution in [3.05, 3.63) is 21.3 Å². The molecule has 0 fully saturated rings. The molecular formula is C11H11IO4. The molecule has 1 aromatic carbocycles. The standard InChI is InChI=1S/C11H11IO4/c1-2-14-11(13)8-5-7(12)6-9-10(8)16-4-3-15-9/h5-6H,2-4H2,1H3. The van der Waals surface area contributed by atoms with E-state index >= 15 is 0 Å². The van der Waals surface area contributed by atoms with Gasteiger partial charge in [-0.25, -0.2) is 4.79 Å². The number of esters is 1. The maximum absolute atomic E-state index is 11.7. The summed E-state index contributed by atoms with van der Waals surface area (Å²) in [4.78, 5) is 11.7. The zero-order chi connectivity index (χ0) is 11.5. The molecule has 1 aromatic rings. The molecule has 5 heteroatoms. The number of hydrogen-bond acceptors (Lipinski definition) is 4. The van der Waals surface area contributed by atoms with Crippen molar-refractivity contribution in [3.63, 3.8) is 0 Å². The van der Waals surface area contributed by atoms with Crippen LogP contribution in [0, 0.1) is 3.57 Å². The van der Waals surface area contributed by atoms with Gasteiger partial charge in [-0.05, 0) is 41.6 Å². The van der Waals surface area contributed by atoms with Gasteiger partial charge in [0, 0.05) is 3.57 Å². The number of rotatable bonds is 2. The van der Waals surface area contributed by atoms with Crippen LogP contribution < -0.4 is 9.47 Å². The van der Waals surface area contributed by atoms with Crippen molar-refractivity contribution in [3.8, 4) is 11.5 Å². The van der Waals surface area contributed by atoms with Crippen LogP contribution in [0.1, 0.15) is 17.3 Å². The number of carbonyl (C=O) groups excluding carboxylic acids is 1. The van der Waals surface area contributed by atoms with Crippen LogP contribution in [0.3, 0.4) is 0 Å². The predicted octanol–water partition coefficient (Wildman–Crippen LogP) is 2.24. The van der Waals surface area contributed by atoms with E-state index in [1.54, 1.807) is 13.0 Å². The van der Waals surface area contributed by atoms with E-state index in [0.717, 1.165) is 3.57 Å². The lowest BCUT2D eigenvalue weighted by Crippen LogP contribution is -2.18. The predicted molar refractivity (Wildman–Crippen MR) is 66.1 cm³/mol. The first-order chi connectivity index (χ1) is 7.72. The highest BCUT2D eigenvalue weighted by molar-refractivity contribution is 14.1. The Bertz CT molecular complexity index is 417. The molecule has 86 valence electrons. The molecule has 4 nitrogen and oxygen atoms in total. The third-order valence-corrected chi connectivity index (χ3v) is 2.73. The summed E-state index contributed by atoms with van der Waals surface area (Å²) in [6.07, 6.45) is 0. The van der Waals surface area contributed by atoms with Gasteiger partial charge in [0.15, 0.2) is 11.5 Å². The molecule has 0 aromatic heterocycles. The molecule has 0 spiro atoms. The number of hydrogen-bond donors (Lipinski definition) is 0. The van der Waals surface area contributed by atoms with Gasteiger partial charge in [-0.2, -0.15) is 0 Å². The van der Waals surface area contributed by atoms with Gasteiger partial charge in [0.05, 0.1) is 6.61 Å². The lowest BCUT2D eigenvalue weighted by atomic mass is 10.2. The Kier molecular flexibility index (Phi) is 3.52. The molecule has 1 aliphatic rings. The van der Waals surface area contributed by atoms with Gasteiger partial charge in [-0.15, -0.1) is 0 Å². The van der Waals surface area contributed by atoms with Gasteiger partial charge < -0.3 is 14.2 Å². The molecule has 0 saturated heterocycles. The fourth-order valence-electron chi connectivity index (χ4n) is 1.48. The zero-order valence-electron chi connectivity index (χ0n) is 8.79. The molecule has 0 saturated carbocycles. The summed E-state index contributed by atoms with van der Waals surface area (Å²) in [7, 11) is 0. The van der Waals surface area contributed by atoms with Gasteiger partial charge in [0.25, 0.3) is 0 Å². The molecule has 0 aliphatic carbocycles. The Balaban J connectivity index is 2.43. The summed E-state index contributed by atoms with van der Waals surface area (Å²) < 4.78 is 16.8. The number of benzene rings is 1. The average Bonchev–Trinajstić information content (AvgIpc) is 2.28. The van der Waals surface area contributed by atoms with Crippen molar-refractivity contribution >= 4 is 28.6 Å². The zero-order valence-corrected chi connectivity index (χ0v) is 10.9.